The number of nitrogens with zero attached hydrogens (tertiary/aromatic N) is 3. The van der Waals surface area contributed by atoms with E-state index in [-0.39, 0.29) is 6.04 Å². The molecule has 1 aliphatic heterocycles. The van der Waals surface area contributed by atoms with E-state index in [0.717, 1.165) is 24.4 Å². The Kier molecular flexibility index (Phi) is 3.89. The molecule has 2 atom stereocenters. The van der Waals surface area contributed by atoms with E-state index in [0.29, 0.717) is 6.04 Å². The van der Waals surface area contributed by atoms with Gasteiger partial charge in [-0.25, -0.2) is 0 Å². The van der Waals surface area contributed by atoms with Gasteiger partial charge in [-0.3, -0.25) is 4.68 Å². The third-order valence-corrected chi connectivity index (χ3v) is 4.20. The zero-order valence-corrected chi connectivity index (χ0v) is 10.8. The number of hydrogen-bond donors (Lipinski definition) is 1. The fourth-order valence-electron chi connectivity index (χ4n) is 2.11. The van der Waals surface area contributed by atoms with E-state index in [4.69, 9.17) is 5.73 Å². The van der Waals surface area contributed by atoms with E-state index in [1.54, 1.807) is 0 Å². The van der Waals surface area contributed by atoms with Crippen LogP contribution in [-0.2, 0) is 13.5 Å². The summed E-state index contributed by atoms with van der Waals surface area (Å²) in [5, 5.41) is 4.38. The van der Waals surface area contributed by atoms with Crippen LogP contribution >= 0.6 is 11.8 Å². The molecule has 1 aliphatic rings. The van der Waals surface area contributed by atoms with Crippen molar-refractivity contribution in [1.82, 2.24) is 14.7 Å². The van der Waals surface area contributed by atoms with Crippen LogP contribution in [0.4, 0.5) is 0 Å². The lowest BCUT2D eigenvalue weighted by atomic mass is 10.0. The van der Waals surface area contributed by atoms with E-state index < -0.39 is 0 Å². The Morgan fingerprint density at radius 3 is 3.06 bits per heavy atom. The summed E-state index contributed by atoms with van der Waals surface area (Å²) in [6.07, 6.45) is 2.85. The van der Waals surface area contributed by atoms with Gasteiger partial charge in [0.1, 0.15) is 0 Å². The molecule has 16 heavy (non-hydrogen) atoms. The molecular formula is C11H20N4S. The Hall–Kier alpha value is -0.520. The fraction of sp³-hybridized carbons (Fsp3) is 0.727. The predicted molar refractivity (Wildman–Crippen MR) is 68.6 cm³/mol. The van der Waals surface area contributed by atoms with Crippen LogP contribution in [0.5, 0.6) is 0 Å². The van der Waals surface area contributed by atoms with Gasteiger partial charge in [0, 0.05) is 49.8 Å². The molecule has 0 spiro atoms. The largest absolute Gasteiger partial charge is 0.326 e. The molecule has 2 unspecified atom stereocenters. The third kappa shape index (κ3) is 2.78. The van der Waals surface area contributed by atoms with Crippen molar-refractivity contribution in [3.8, 4) is 0 Å². The van der Waals surface area contributed by atoms with E-state index >= 15 is 0 Å². The molecule has 2 heterocycles. The minimum atomic E-state index is 0.188. The number of aromatic nitrogens is 2. The Morgan fingerprint density at radius 2 is 2.44 bits per heavy atom. The van der Waals surface area contributed by atoms with Gasteiger partial charge >= 0.3 is 0 Å². The second kappa shape index (κ2) is 5.21. The van der Waals surface area contributed by atoms with Crippen molar-refractivity contribution in [1.29, 1.82) is 0 Å². The van der Waals surface area contributed by atoms with Crippen molar-refractivity contribution in [2.75, 3.05) is 25.1 Å². The lowest BCUT2D eigenvalue weighted by Crippen LogP contribution is -2.51. The average Bonchev–Trinajstić information content (AvgIpc) is 2.64. The average molecular weight is 240 g/mol. The highest BCUT2D eigenvalue weighted by Gasteiger charge is 2.25. The molecule has 1 aromatic rings. The van der Waals surface area contributed by atoms with Gasteiger partial charge in [-0.1, -0.05) is 0 Å². The van der Waals surface area contributed by atoms with Crippen molar-refractivity contribution in [3.05, 3.63) is 18.0 Å². The summed E-state index contributed by atoms with van der Waals surface area (Å²) in [7, 11) is 4.11. The summed E-state index contributed by atoms with van der Waals surface area (Å²) in [4.78, 5) is 2.38. The molecule has 2 N–H and O–H groups in total. The number of hydrogen-bond acceptors (Lipinski definition) is 4. The minimum absolute atomic E-state index is 0.188. The van der Waals surface area contributed by atoms with E-state index in [2.05, 4.69) is 23.1 Å². The molecule has 2 rings (SSSR count). The van der Waals surface area contributed by atoms with Crippen molar-refractivity contribution >= 4 is 11.8 Å². The highest BCUT2D eigenvalue weighted by molar-refractivity contribution is 7.99. The number of rotatable bonds is 3. The van der Waals surface area contributed by atoms with Gasteiger partial charge in [0.2, 0.25) is 0 Å². The lowest BCUT2D eigenvalue weighted by Gasteiger charge is -2.35. The molecular weight excluding hydrogens is 220 g/mol. The van der Waals surface area contributed by atoms with Crippen LogP contribution in [0.15, 0.2) is 12.3 Å². The zero-order valence-electron chi connectivity index (χ0n) is 9.97. The molecule has 0 saturated carbocycles. The summed E-state index contributed by atoms with van der Waals surface area (Å²) >= 11 is 2.00. The molecule has 5 heteroatoms. The summed E-state index contributed by atoms with van der Waals surface area (Å²) in [5.41, 5.74) is 7.37. The predicted octanol–water partition coefficient (Wildman–Crippen LogP) is 0.337. The fourth-order valence-corrected chi connectivity index (χ4v) is 3.43. The van der Waals surface area contributed by atoms with Gasteiger partial charge in [0.05, 0.1) is 5.69 Å². The lowest BCUT2D eigenvalue weighted by molar-refractivity contribution is 0.234. The van der Waals surface area contributed by atoms with Gasteiger partial charge in [0.25, 0.3) is 0 Å². The SMILES string of the molecule is CN1CCSCC1C(N)Cc1ccn(C)n1. The van der Waals surface area contributed by atoms with Gasteiger partial charge in [-0.15, -0.1) is 0 Å². The molecule has 0 amide bonds. The van der Waals surface area contributed by atoms with Crippen molar-refractivity contribution in [3.63, 3.8) is 0 Å². The maximum Gasteiger partial charge on any atom is 0.0640 e. The molecule has 0 aliphatic carbocycles. The molecule has 90 valence electrons. The standard InChI is InChI=1S/C11H20N4S/c1-14-5-6-16-8-11(14)10(12)7-9-3-4-15(2)13-9/h3-4,10-11H,5-8,12H2,1-2H3. The molecule has 0 radical (unpaired) electrons. The molecule has 0 bridgehead atoms. The second-order valence-corrected chi connectivity index (χ2v) is 5.62. The van der Waals surface area contributed by atoms with Gasteiger partial charge in [0.15, 0.2) is 0 Å². The molecule has 4 nitrogen and oxygen atoms in total. The van der Waals surface area contributed by atoms with Crippen LogP contribution in [0.2, 0.25) is 0 Å². The summed E-state index contributed by atoms with van der Waals surface area (Å²) < 4.78 is 1.83. The van der Waals surface area contributed by atoms with Crippen LogP contribution < -0.4 is 5.73 Å². The van der Waals surface area contributed by atoms with Crippen molar-refractivity contribution in [2.45, 2.75) is 18.5 Å². The van der Waals surface area contributed by atoms with Gasteiger partial charge in [-0.2, -0.15) is 16.9 Å². The first-order valence-corrected chi connectivity index (χ1v) is 6.84. The van der Waals surface area contributed by atoms with Crippen LogP contribution in [-0.4, -0.2) is 51.9 Å². The van der Waals surface area contributed by atoms with Crippen molar-refractivity contribution in [2.24, 2.45) is 12.8 Å². The molecule has 1 saturated heterocycles. The van der Waals surface area contributed by atoms with Gasteiger partial charge in [-0.05, 0) is 13.1 Å². The van der Waals surface area contributed by atoms with Crippen LogP contribution in [0, 0.1) is 0 Å². The van der Waals surface area contributed by atoms with Crippen molar-refractivity contribution < 1.29 is 0 Å². The maximum atomic E-state index is 6.28. The third-order valence-electron chi connectivity index (χ3n) is 3.15. The molecule has 0 aromatic carbocycles. The molecule has 1 fully saturated rings. The smallest absolute Gasteiger partial charge is 0.0640 e. The first-order valence-electron chi connectivity index (χ1n) is 5.69. The van der Waals surface area contributed by atoms with E-state index in [9.17, 15) is 0 Å². The van der Waals surface area contributed by atoms with E-state index in [1.807, 2.05) is 29.7 Å². The summed E-state index contributed by atoms with van der Waals surface area (Å²) in [6, 6.07) is 2.73. The Morgan fingerprint density at radius 1 is 1.62 bits per heavy atom. The normalized spacial score (nSPS) is 24.6. The number of thioether (sulfide) groups is 1. The van der Waals surface area contributed by atoms with Crippen LogP contribution in [0.3, 0.4) is 0 Å². The Labute approximate surface area is 101 Å². The minimum Gasteiger partial charge on any atom is -0.326 e. The number of aryl methyl sites for hydroxylation is 1. The summed E-state index contributed by atoms with van der Waals surface area (Å²) in [6.45, 7) is 1.14. The maximum absolute atomic E-state index is 6.28. The topological polar surface area (TPSA) is 47.1 Å². The first kappa shape index (κ1) is 12.0. The molecule has 1 aromatic heterocycles. The van der Waals surface area contributed by atoms with Crippen LogP contribution in [0.1, 0.15) is 5.69 Å². The Balaban J connectivity index is 1.93. The first-order chi connectivity index (χ1) is 7.66. The number of nitrogens with two attached hydrogens (primary N) is 1. The summed E-state index contributed by atoms with van der Waals surface area (Å²) in [5.74, 6) is 2.37. The zero-order chi connectivity index (χ0) is 11.5. The van der Waals surface area contributed by atoms with Crippen LogP contribution in [0.25, 0.3) is 0 Å². The van der Waals surface area contributed by atoms with E-state index in [1.165, 1.54) is 5.75 Å². The number of likely N-dealkylation sites (N-methyl/N-ethyl adjacent to an activating group) is 1. The second-order valence-electron chi connectivity index (χ2n) is 4.47. The highest BCUT2D eigenvalue weighted by Crippen LogP contribution is 2.18. The highest BCUT2D eigenvalue weighted by atomic mass is 32.2. The Bertz CT molecular complexity index is 338. The monoisotopic (exact) mass is 240 g/mol. The van der Waals surface area contributed by atoms with Gasteiger partial charge < -0.3 is 10.6 Å². The quantitative estimate of drug-likeness (QED) is 0.827.